The summed E-state index contributed by atoms with van der Waals surface area (Å²) >= 11 is 0. The first-order valence-electron chi connectivity index (χ1n) is 10.5. The summed E-state index contributed by atoms with van der Waals surface area (Å²) in [5, 5.41) is 0. The Kier molecular flexibility index (Phi) is 7.11. The molecule has 2 heteroatoms. The van der Waals surface area contributed by atoms with Crippen LogP contribution in [0.1, 0.15) is 63.4 Å². The Morgan fingerprint density at radius 2 is 1.69 bits per heavy atom. The van der Waals surface area contributed by atoms with E-state index in [0.717, 1.165) is 12.5 Å². The molecule has 140 valence electrons. The molecule has 1 aliphatic carbocycles. The molecule has 1 aromatic carbocycles. The van der Waals surface area contributed by atoms with Crippen LogP contribution in [0.3, 0.4) is 0 Å². The predicted molar refractivity (Wildman–Crippen MR) is 111 cm³/mol. The maximum atomic E-state index is 2.47. The Morgan fingerprint density at radius 3 is 2.42 bits per heavy atom. The number of pyridine rings is 1. The lowest BCUT2D eigenvalue weighted by molar-refractivity contribution is -0.670. The number of aromatic nitrogens is 1. The van der Waals surface area contributed by atoms with Gasteiger partial charge < -0.3 is 4.90 Å². The number of nitrogens with zero attached hydrogens (tertiary/aromatic N) is 2. The fraction of sp³-hybridized carbons (Fsp3) is 0.542. The first kappa shape index (κ1) is 18.9. The van der Waals surface area contributed by atoms with Gasteiger partial charge in [0.2, 0.25) is 0 Å². The molecule has 0 aliphatic heterocycles. The molecule has 1 aliphatic rings. The first-order chi connectivity index (χ1) is 12.7. The Hall–Kier alpha value is -1.83. The lowest BCUT2D eigenvalue weighted by Gasteiger charge is -2.24. The molecule has 26 heavy (non-hydrogen) atoms. The molecule has 2 nitrogen and oxygen atoms in total. The van der Waals surface area contributed by atoms with Crippen molar-refractivity contribution in [1.82, 2.24) is 0 Å². The standard InChI is InChI=1S/C24H35N2/c1-21-14-16-23(17-15-21)26(24-13-9-18-25(2)20-24)19-8-4-7-12-22-10-5-3-6-11-22/h9,13-18,20,22H,3-8,10-12,19H2,1-2H3/q+1. The van der Waals surface area contributed by atoms with Crippen LogP contribution in [0.25, 0.3) is 0 Å². The van der Waals surface area contributed by atoms with Gasteiger partial charge in [-0.15, -0.1) is 0 Å². The van der Waals surface area contributed by atoms with Crippen molar-refractivity contribution in [1.29, 1.82) is 0 Å². The molecule has 0 atom stereocenters. The van der Waals surface area contributed by atoms with Gasteiger partial charge in [0.1, 0.15) is 12.7 Å². The number of benzene rings is 1. The molecular weight excluding hydrogens is 316 g/mol. The average Bonchev–Trinajstić information content (AvgIpc) is 2.66. The van der Waals surface area contributed by atoms with Crippen molar-refractivity contribution in [2.24, 2.45) is 13.0 Å². The van der Waals surface area contributed by atoms with Gasteiger partial charge in [-0.3, -0.25) is 0 Å². The quantitative estimate of drug-likeness (QED) is 0.412. The first-order valence-corrected chi connectivity index (χ1v) is 10.5. The molecule has 1 heterocycles. The summed E-state index contributed by atoms with van der Waals surface area (Å²) in [5.74, 6) is 1.02. The maximum Gasteiger partial charge on any atom is 0.192 e. The molecule has 1 fully saturated rings. The van der Waals surface area contributed by atoms with E-state index in [0.29, 0.717) is 0 Å². The van der Waals surface area contributed by atoms with E-state index >= 15 is 0 Å². The third-order valence-corrected chi connectivity index (χ3v) is 5.80. The maximum absolute atomic E-state index is 2.47. The van der Waals surface area contributed by atoms with E-state index in [1.807, 2.05) is 0 Å². The van der Waals surface area contributed by atoms with Crippen molar-refractivity contribution in [3.05, 3.63) is 54.4 Å². The number of unbranched alkanes of at least 4 members (excludes halogenated alkanes) is 2. The highest BCUT2D eigenvalue weighted by atomic mass is 15.1. The summed E-state index contributed by atoms with van der Waals surface area (Å²) in [6, 6.07) is 13.3. The van der Waals surface area contributed by atoms with Gasteiger partial charge in [-0.1, -0.05) is 69.1 Å². The Morgan fingerprint density at radius 1 is 0.923 bits per heavy atom. The second kappa shape index (κ2) is 9.75. The molecular formula is C24H35N2+. The predicted octanol–water partition coefficient (Wildman–Crippen LogP) is 6.10. The number of rotatable bonds is 8. The van der Waals surface area contributed by atoms with Gasteiger partial charge in [0, 0.05) is 18.3 Å². The third-order valence-electron chi connectivity index (χ3n) is 5.80. The monoisotopic (exact) mass is 351 g/mol. The second-order valence-electron chi connectivity index (χ2n) is 8.07. The van der Waals surface area contributed by atoms with Crippen molar-refractivity contribution >= 4 is 11.4 Å². The smallest absolute Gasteiger partial charge is 0.192 e. The molecule has 0 radical (unpaired) electrons. The largest absolute Gasteiger partial charge is 0.337 e. The molecule has 0 unspecified atom stereocenters. The van der Waals surface area contributed by atoms with Crippen LogP contribution < -0.4 is 9.47 Å². The Bertz CT molecular complexity index is 656. The van der Waals surface area contributed by atoms with Crippen molar-refractivity contribution in [3.8, 4) is 0 Å². The van der Waals surface area contributed by atoms with E-state index in [-0.39, 0.29) is 0 Å². The molecule has 2 aromatic rings. The number of hydrogen-bond donors (Lipinski definition) is 0. The van der Waals surface area contributed by atoms with E-state index in [4.69, 9.17) is 0 Å². The molecule has 0 spiro atoms. The molecule has 0 bridgehead atoms. The Balaban J connectivity index is 1.56. The molecule has 1 aromatic heterocycles. The normalized spacial score (nSPS) is 15.2. The number of aryl methyl sites for hydroxylation is 2. The zero-order chi connectivity index (χ0) is 18.2. The molecule has 0 N–H and O–H groups in total. The molecule has 0 saturated heterocycles. The summed E-state index contributed by atoms with van der Waals surface area (Å²) < 4.78 is 2.14. The van der Waals surface area contributed by atoms with Crippen LogP contribution in [0.5, 0.6) is 0 Å². The van der Waals surface area contributed by atoms with Gasteiger partial charge in [0.05, 0.1) is 0 Å². The van der Waals surface area contributed by atoms with Crippen LogP contribution in [0.15, 0.2) is 48.8 Å². The van der Waals surface area contributed by atoms with E-state index in [1.165, 1.54) is 74.7 Å². The van der Waals surface area contributed by atoms with E-state index < -0.39 is 0 Å². The van der Waals surface area contributed by atoms with Gasteiger partial charge in [0.25, 0.3) is 0 Å². The Labute approximate surface area is 159 Å². The van der Waals surface area contributed by atoms with Crippen LogP contribution in [0.4, 0.5) is 11.4 Å². The summed E-state index contributed by atoms with van der Waals surface area (Å²) in [7, 11) is 2.10. The minimum absolute atomic E-state index is 1.02. The van der Waals surface area contributed by atoms with Crippen molar-refractivity contribution in [3.63, 3.8) is 0 Å². The minimum atomic E-state index is 1.02. The van der Waals surface area contributed by atoms with Crippen molar-refractivity contribution in [2.75, 3.05) is 11.4 Å². The lowest BCUT2D eigenvalue weighted by atomic mass is 9.85. The van der Waals surface area contributed by atoms with Gasteiger partial charge >= 0.3 is 0 Å². The zero-order valence-corrected chi connectivity index (χ0v) is 16.7. The third kappa shape index (κ3) is 5.59. The van der Waals surface area contributed by atoms with Gasteiger partial charge in [-0.05, 0) is 37.5 Å². The van der Waals surface area contributed by atoms with E-state index in [1.54, 1.807) is 0 Å². The summed E-state index contributed by atoms with van der Waals surface area (Å²) in [6.45, 7) is 3.25. The fourth-order valence-corrected chi connectivity index (χ4v) is 4.22. The highest BCUT2D eigenvalue weighted by Crippen LogP contribution is 2.29. The fourth-order valence-electron chi connectivity index (χ4n) is 4.22. The number of anilines is 2. The lowest BCUT2D eigenvalue weighted by Crippen LogP contribution is -2.29. The van der Waals surface area contributed by atoms with Gasteiger partial charge in [-0.2, -0.15) is 0 Å². The second-order valence-corrected chi connectivity index (χ2v) is 8.07. The zero-order valence-electron chi connectivity index (χ0n) is 16.7. The van der Waals surface area contributed by atoms with Crippen molar-refractivity contribution < 1.29 is 4.57 Å². The van der Waals surface area contributed by atoms with Crippen LogP contribution in [-0.4, -0.2) is 6.54 Å². The van der Waals surface area contributed by atoms with Crippen LogP contribution in [0, 0.1) is 12.8 Å². The highest BCUT2D eigenvalue weighted by Gasteiger charge is 2.14. The van der Waals surface area contributed by atoms with Crippen LogP contribution in [0.2, 0.25) is 0 Å². The van der Waals surface area contributed by atoms with Crippen molar-refractivity contribution in [2.45, 2.75) is 64.7 Å². The summed E-state index contributed by atoms with van der Waals surface area (Å²) in [4.78, 5) is 2.47. The summed E-state index contributed by atoms with van der Waals surface area (Å²) in [6.07, 6.45) is 17.1. The van der Waals surface area contributed by atoms with E-state index in [9.17, 15) is 0 Å². The number of hydrogen-bond acceptors (Lipinski definition) is 1. The molecule has 1 saturated carbocycles. The molecule has 3 rings (SSSR count). The topological polar surface area (TPSA) is 7.12 Å². The van der Waals surface area contributed by atoms with Gasteiger partial charge in [-0.25, -0.2) is 4.57 Å². The molecule has 0 amide bonds. The van der Waals surface area contributed by atoms with Gasteiger partial charge in [0.15, 0.2) is 12.4 Å². The SMILES string of the molecule is Cc1ccc(N(CCCCCC2CCCCC2)c2ccc[n+](C)c2)cc1. The van der Waals surface area contributed by atoms with Crippen LogP contribution >= 0.6 is 0 Å². The minimum Gasteiger partial charge on any atom is -0.337 e. The van der Waals surface area contributed by atoms with Crippen LogP contribution in [-0.2, 0) is 7.05 Å². The summed E-state index contributed by atoms with van der Waals surface area (Å²) in [5.41, 5.74) is 3.90. The highest BCUT2D eigenvalue weighted by molar-refractivity contribution is 5.61. The average molecular weight is 352 g/mol. The van der Waals surface area contributed by atoms with E-state index in [2.05, 4.69) is 72.2 Å².